The maximum atomic E-state index is 13.2. The van der Waals surface area contributed by atoms with E-state index in [0.29, 0.717) is 21.7 Å². The molecule has 0 atom stereocenters. The van der Waals surface area contributed by atoms with Gasteiger partial charge in [0.15, 0.2) is 17.5 Å². The maximum Gasteiger partial charge on any atom is 0.194 e. The molecule has 94 valence electrons. The Morgan fingerprint density at radius 3 is 2.22 bits per heavy atom. The van der Waals surface area contributed by atoms with Crippen molar-refractivity contribution in [2.24, 2.45) is 0 Å². The molecule has 0 saturated heterocycles. The summed E-state index contributed by atoms with van der Waals surface area (Å²) in [6.45, 7) is 3.36. The van der Waals surface area contributed by atoms with E-state index in [0.717, 1.165) is 12.1 Å². The normalized spacial score (nSPS) is 10.7. The van der Waals surface area contributed by atoms with Crippen LogP contribution >= 0.6 is 12.2 Å². The van der Waals surface area contributed by atoms with Gasteiger partial charge in [0.1, 0.15) is 10.5 Å². The number of H-pyrrole nitrogens is 1. The van der Waals surface area contributed by atoms with Crippen LogP contribution in [0.2, 0.25) is 0 Å². The van der Waals surface area contributed by atoms with Crippen LogP contribution < -0.4 is 0 Å². The van der Waals surface area contributed by atoms with Crippen molar-refractivity contribution >= 4 is 12.2 Å². The van der Waals surface area contributed by atoms with E-state index in [4.69, 9.17) is 12.2 Å². The van der Waals surface area contributed by atoms with Crippen LogP contribution in [0.4, 0.5) is 13.2 Å². The highest BCUT2D eigenvalue weighted by Crippen LogP contribution is 2.25. The van der Waals surface area contributed by atoms with Gasteiger partial charge in [-0.2, -0.15) is 0 Å². The summed E-state index contributed by atoms with van der Waals surface area (Å²) >= 11 is 5.03. The van der Waals surface area contributed by atoms with Crippen molar-refractivity contribution < 1.29 is 13.2 Å². The average Bonchev–Trinajstić information content (AvgIpc) is 2.30. The van der Waals surface area contributed by atoms with Crippen LogP contribution in [0.5, 0.6) is 0 Å². The summed E-state index contributed by atoms with van der Waals surface area (Å²) in [4.78, 5) is 6.89. The van der Waals surface area contributed by atoms with E-state index in [2.05, 4.69) is 9.97 Å². The Morgan fingerprint density at radius 2 is 1.67 bits per heavy atom. The minimum absolute atomic E-state index is 0.195. The third-order valence-electron chi connectivity index (χ3n) is 2.54. The lowest BCUT2D eigenvalue weighted by Crippen LogP contribution is -1.99. The molecule has 1 aromatic heterocycles. The minimum Gasteiger partial charge on any atom is -0.343 e. The number of rotatable bonds is 1. The van der Waals surface area contributed by atoms with Gasteiger partial charge in [0.25, 0.3) is 0 Å². The van der Waals surface area contributed by atoms with E-state index in [9.17, 15) is 13.2 Å². The van der Waals surface area contributed by atoms with Crippen LogP contribution in [0.15, 0.2) is 12.1 Å². The molecule has 0 bridgehead atoms. The zero-order valence-corrected chi connectivity index (χ0v) is 10.5. The van der Waals surface area contributed by atoms with E-state index in [1.54, 1.807) is 13.8 Å². The SMILES string of the molecule is Cc1nc(=S)c(C)c(-c2cc(F)c(F)c(F)c2)[nH]1. The molecule has 1 aromatic carbocycles. The summed E-state index contributed by atoms with van der Waals surface area (Å²) in [5.41, 5.74) is 1.21. The number of benzene rings is 1. The van der Waals surface area contributed by atoms with Gasteiger partial charge in [-0.05, 0) is 26.0 Å². The maximum absolute atomic E-state index is 13.2. The average molecular weight is 270 g/mol. The predicted octanol–water partition coefficient (Wildman–Crippen LogP) is 3.84. The molecule has 2 nitrogen and oxygen atoms in total. The van der Waals surface area contributed by atoms with Crippen molar-refractivity contribution in [2.75, 3.05) is 0 Å². The summed E-state index contributed by atoms with van der Waals surface area (Å²) < 4.78 is 39.6. The number of nitrogens with one attached hydrogen (secondary N) is 1. The third-order valence-corrected chi connectivity index (χ3v) is 2.94. The molecule has 0 unspecified atom stereocenters. The second-order valence-electron chi connectivity index (χ2n) is 3.88. The van der Waals surface area contributed by atoms with Crippen LogP contribution in [-0.4, -0.2) is 9.97 Å². The molecule has 0 aliphatic carbocycles. The zero-order valence-electron chi connectivity index (χ0n) is 9.64. The Hall–Kier alpha value is -1.69. The molecule has 6 heteroatoms. The fourth-order valence-electron chi connectivity index (χ4n) is 1.63. The number of hydrogen-bond donors (Lipinski definition) is 1. The molecule has 0 aliphatic rings. The fraction of sp³-hybridized carbons (Fsp3) is 0.167. The van der Waals surface area contributed by atoms with Crippen LogP contribution in [-0.2, 0) is 0 Å². The molecule has 0 saturated carbocycles. The van der Waals surface area contributed by atoms with E-state index in [1.807, 2.05) is 0 Å². The summed E-state index contributed by atoms with van der Waals surface area (Å²) in [7, 11) is 0. The number of hydrogen-bond acceptors (Lipinski definition) is 2. The van der Waals surface area contributed by atoms with Gasteiger partial charge in [-0.15, -0.1) is 0 Å². The smallest absolute Gasteiger partial charge is 0.194 e. The van der Waals surface area contributed by atoms with Gasteiger partial charge < -0.3 is 4.98 Å². The Labute approximate surface area is 107 Å². The molecular formula is C12H9F3N2S. The molecule has 1 heterocycles. The first-order valence-electron chi connectivity index (χ1n) is 5.12. The largest absolute Gasteiger partial charge is 0.343 e. The molecule has 1 N–H and O–H groups in total. The van der Waals surface area contributed by atoms with E-state index in [1.165, 1.54) is 0 Å². The van der Waals surface area contributed by atoms with Gasteiger partial charge in [-0.25, -0.2) is 18.2 Å². The second-order valence-corrected chi connectivity index (χ2v) is 4.27. The Bertz CT molecular complexity index is 657. The van der Waals surface area contributed by atoms with Crippen LogP contribution in [0.1, 0.15) is 11.4 Å². The van der Waals surface area contributed by atoms with Gasteiger partial charge in [-0.1, -0.05) is 12.2 Å². The fourth-order valence-corrected chi connectivity index (χ4v) is 1.87. The van der Waals surface area contributed by atoms with Crippen molar-refractivity contribution in [2.45, 2.75) is 13.8 Å². The van der Waals surface area contributed by atoms with Gasteiger partial charge in [0.2, 0.25) is 0 Å². The minimum atomic E-state index is -1.49. The van der Waals surface area contributed by atoms with Gasteiger partial charge in [0.05, 0.1) is 5.69 Å². The zero-order chi connectivity index (χ0) is 13.4. The summed E-state index contributed by atoms with van der Waals surface area (Å²) in [6, 6.07) is 1.84. The van der Waals surface area contributed by atoms with Crippen molar-refractivity contribution in [1.29, 1.82) is 0 Å². The summed E-state index contributed by atoms with van der Waals surface area (Å²) in [5, 5.41) is 0. The lowest BCUT2D eigenvalue weighted by molar-refractivity contribution is 0.447. The number of aromatic nitrogens is 2. The van der Waals surface area contributed by atoms with E-state index in [-0.39, 0.29) is 5.56 Å². The predicted molar refractivity (Wildman–Crippen MR) is 64.2 cm³/mol. The molecule has 0 fully saturated rings. The molecule has 0 aliphatic heterocycles. The van der Waals surface area contributed by atoms with Gasteiger partial charge in [0, 0.05) is 11.1 Å². The van der Waals surface area contributed by atoms with Crippen molar-refractivity contribution in [3.63, 3.8) is 0 Å². The Balaban J connectivity index is 2.73. The van der Waals surface area contributed by atoms with E-state index < -0.39 is 17.5 Å². The standard InChI is InChI=1S/C12H9F3N2S/c1-5-11(16-6(2)17-12(5)18)7-3-8(13)10(15)9(14)4-7/h3-4H,1-2H3,(H,16,17,18). The topological polar surface area (TPSA) is 28.7 Å². The highest BCUT2D eigenvalue weighted by molar-refractivity contribution is 7.71. The monoisotopic (exact) mass is 270 g/mol. The van der Waals surface area contributed by atoms with E-state index >= 15 is 0 Å². The number of nitrogens with zero attached hydrogens (tertiary/aromatic N) is 1. The van der Waals surface area contributed by atoms with Crippen molar-refractivity contribution in [3.8, 4) is 11.3 Å². The second kappa shape index (κ2) is 4.53. The first-order valence-corrected chi connectivity index (χ1v) is 5.53. The molecule has 0 amide bonds. The molecule has 2 rings (SSSR count). The highest BCUT2D eigenvalue weighted by Gasteiger charge is 2.14. The van der Waals surface area contributed by atoms with Gasteiger partial charge >= 0.3 is 0 Å². The Morgan fingerprint density at radius 1 is 1.11 bits per heavy atom. The van der Waals surface area contributed by atoms with Gasteiger partial charge in [-0.3, -0.25) is 0 Å². The highest BCUT2D eigenvalue weighted by atomic mass is 32.1. The van der Waals surface area contributed by atoms with Crippen LogP contribution in [0.25, 0.3) is 11.3 Å². The third kappa shape index (κ3) is 2.15. The number of aromatic amines is 1. The molecule has 0 spiro atoms. The quantitative estimate of drug-likeness (QED) is 0.630. The van der Waals surface area contributed by atoms with Crippen LogP contribution in [0.3, 0.4) is 0 Å². The first kappa shape index (κ1) is 12.8. The summed E-state index contributed by atoms with van der Waals surface area (Å²) in [6.07, 6.45) is 0. The Kier molecular flexibility index (Phi) is 3.21. The molecule has 0 radical (unpaired) electrons. The van der Waals surface area contributed by atoms with Crippen molar-refractivity contribution in [3.05, 3.63) is 45.6 Å². The lowest BCUT2D eigenvalue weighted by atomic mass is 10.1. The summed E-state index contributed by atoms with van der Waals surface area (Å²) in [5.74, 6) is -3.44. The van der Waals surface area contributed by atoms with Crippen molar-refractivity contribution in [1.82, 2.24) is 9.97 Å². The lowest BCUT2D eigenvalue weighted by Gasteiger charge is -2.08. The molecule has 2 aromatic rings. The molecule has 18 heavy (non-hydrogen) atoms. The number of aryl methyl sites for hydroxylation is 1. The first-order chi connectivity index (χ1) is 8.40. The van der Waals surface area contributed by atoms with Crippen LogP contribution in [0, 0.1) is 35.9 Å². The molecular weight excluding hydrogens is 261 g/mol. The number of halogens is 3.